The molecule has 1 aliphatic heterocycles. The third-order valence-corrected chi connectivity index (χ3v) is 5.60. The van der Waals surface area contributed by atoms with Gasteiger partial charge < -0.3 is 10.2 Å². The molecule has 4 aromatic rings. The summed E-state index contributed by atoms with van der Waals surface area (Å²) >= 11 is 0. The molecule has 1 aromatic carbocycles. The first kappa shape index (κ1) is 20.2. The molecular formula is C21H18F3N7O. The molecule has 5 rings (SSSR count). The Balaban J connectivity index is 1.28. The van der Waals surface area contributed by atoms with Crippen LogP contribution in [0.15, 0.2) is 48.7 Å². The summed E-state index contributed by atoms with van der Waals surface area (Å²) < 4.78 is 40.1. The minimum Gasteiger partial charge on any atom is -0.355 e. The van der Waals surface area contributed by atoms with Gasteiger partial charge in [-0.05, 0) is 49.2 Å². The predicted molar refractivity (Wildman–Crippen MR) is 111 cm³/mol. The third kappa shape index (κ3) is 3.70. The highest BCUT2D eigenvalue weighted by Gasteiger charge is 2.38. The maximum absolute atomic E-state index is 13.1. The zero-order chi connectivity index (χ0) is 22.3. The lowest BCUT2D eigenvalue weighted by atomic mass is 9.95. The van der Waals surface area contributed by atoms with Crippen molar-refractivity contribution in [3.63, 3.8) is 0 Å². The highest BCUT2D eigenvalue weighted by atomic mass is 19.4. The molecule has 0 unspecified atom stereocenters. The summed E-state index contributed by atoms with van der Waals surface area (Å²) in [6, 6.07) is 12.4. The minimum absolute atomic E-state index is 0.0277. The third-order valence-electron chi connectivity index (χ3n) is 5.60. The van der Waals surface area contributed by atoms with Crippen LogP contribution in [0.2, 0.25) is 0 Å². The number of alkyl halides is 3. The first-order valence-electron chi connectivity index (χ1n) is 10.1. The van der Waals surface area contributed by atoms with Crippen LogP contribution in [0.4, 0.5) is 24.7 Å². The second-order valence-corrected chi connectivity index (χ2v) is 7.61. The molecule has 0 spiro atoms. The molecule has 0 radical (unpaired) electrons. The van der Waals surface area contributed by atoms with Crippen LogP contribution in [0.25, 0.3) is 16.6 Å². The maximum atomic E-state index is 13.1. The lowest BCUT2D eigenvalue weighted by Crippen LogP contribution is -2.38. The number of hydrogen-bond acceptors (Lipinski definition) is 6. The summed E-state index contributed by atoms with van der Waals surface area (Å²) in [5.41, 5.74) is 1.54. The van der Waals surface area contributed by atoms with Crippen LogP contribution >= 0.6 is 0 Å². The van der Waals surface area contributed by atoms with Crippen molar-refractivity contribution in [1.82, 2.24) is 24.8 Å². The van der Waals surface area contributed by atoms with E-state index >= 15 is 0 Å². The molecular weight excluding hydrogens is 423 g/mol. The average Bonchev–Trinajstić information content (AvgIpc) is 3.23. The van der Waals surface area contributed by atoms with Crippen molar-refractivity contribution in [3.05, 3.63) is 54.5 Å². The number of amides is 1. The molecule has 1 aliphatic rings. The summed E-state index contributed by atoms with van der Waals surface area (Å²) in [7, 11) is 0. The van der Waals surface area contributed by atoms with Crippen molar-refractivity contribution in [2.24, 2.45) is 5.92 Å². The number of halogens is 3. The normalized spacial score (nSPS) is 15.4. The van der Waals surface area contributed by atoms with Crippen LogP contribution in [-0.2, 0) is 11.0 Å². The Morgan fingerprint density at radius 2 is 1.84 bits per heavy atom. The minimum atomic E-state index is -4.65. The number of piperidine rings is 1. The van der Waals surface area contributed by atoms with Crippen molar-refractivity contribution in [1.29, 1.82) is 0 Å². The van der Waals surface area contributed by atoms with Gasteiger partial charge in [0.15, 0.2) is 5.65 Å². The highest BCUT2D eigenvalue weighted by molar-refractivity contribution is 6.01. The summed E-state index contributed by atoms with van der Waals surface area (Å²) in [6.45, 7) is 0.994. The fourth-order valence-electron chi connectivity index (χ4n) is 3.94. The van der Waals surface area contributed by atoms with Crippen LogP contribution < -0.4 is 10.2 Å². The number of aromatic nitrogens is 5. The van der Waals surface area contributed by atoms with E-state index in [1.165, 1.54) is 6.07 Å². The number of anilines is 2. The number of benzene rings is 1. The second-order valence-electron chi connectivity index (χ2n) is 7.61. The van der Waals surface area contributed by atoms with E-state index in [4.69, 9.17) is 0 Å². The lowest BCUT2D eigenvalue weighted by molar-refractivity contribution is -0.146. The summed E-state index contributed by atoms with van der Waals surface area (Å²) in [6.07, 6.45) is -1.83. The van der Waals surface area contributed by atoms with E-state index in [0.29, 0.717) is 42.0 Å². The second kappa shape index (κ2) is 7.74. The number of fused-ring (bicyclic) bond motifs is 2. The number of pyridine rings is 1. The van der Waals surface area contributed by atoms with Crippen LogP contribution in [0, 0.1) is 5.92 Å². The first-order valence-corrected chi connectivity index (χ1v) is 10.1. The molecule has 3 aromatic heterocycles. The molecule has 0 bridgehead atoms. The maximum Gasteiger partial charge on any atom is 0.453 e. The van der Waals surface area contributed by atoms with Gasteiger partial charge in [-0.25, -0.2) is 0 Å². The zero-order valence-corrected chi connectivity index (χ0v) is 16.8. The van der Waals surface area contributed by atoms with Gasteiger partial charge in [-0.1, -0.05) is 6.07 Å². The average molecular weight is 441 g/mol. The van der Waals surface area contributed by atoms with Gasteiger partial charge in [-0.3, -0.25) is 9.78 Å². The molecule has 1 amide bonds. The molecule has 164 valence electrons. The molecule has 0 saturated carbocycles. The highest BCUT2D eigenvalue weighted by Crippen LogP contribution is 2.29. The smallest absolute Gasteiger partial charge is 0.355 e. The van der Waals surface area contributed by atoms with Crippen LogP contribution in [0.5, 0.6) is 0 Å². The topological polar surface area (TPSA) is 88.3 Å². The van der Waals surface area contributed by atoms with Crippen molar-refractivity contribution in [2.45, 2.75) is 19.0 Å². The van der Waals surface area contributed by atoms with E-state index in [2.05, 4.69) is 25.6 Å². The van der Waals surface area contributed by atoms with Crippen molar-refractivity contribution < 1.29 is 18.0 Å². The molecule has 1 fully saturated rings. The van der Waals surface area contributed by atoms with E-state index in [-0.39, 0.29) is 17.5 Å². The van der Waals surface area contributed by atoms with Gasteiger partial charge in [0, 0.05) is 30.6 Å². The molecule has 8 nitrogen and oxygen atoms in total. The van der Waals surface area contributed by atoms with Crippen molar-refractivity contribution >= 4 is 34.0 Å². The molecule has 1 N–H and O–H groups in total. The number of nitrogens with one attached hydrogen (secondary N) is 1. The van der Waals surface area contributed by atoms with Gasteiger partial charge in [0.1, 0.15) is 5.82 Å². The van der Waals surface area contributed by atoms with Crippen LogP contribution in [0.3, 0.4) is 0 Å². The quantitative estimate of drug-likeness (QED) is 0.523. The van der Waals surface area contributed by atoms with Gasteiger partial charge in [0.25, 0.3) is 5.82 Å². The Hall–Kier alpha value is -3.76. The standard InChI is InChI=1S/C21H18F3N7O/c22-21(23,24)20-28-27-17-6-7-18(29-31(17)20)30-11-8-13(9-12-30)19(32)26-16-5-1-4-15-14(16)3-2-10-25-15/h1-7,10,13H,8-9,11-12H2,(H,26,32). The van der Waals surface area contributed by atoms with Crippen LogP contribution in [-0.4, -0.2) is 43.8 Å². The Morgan fingerprint density at radius 1 is 1.03 bits per heavy atom. The van der Waals surface area contributed by atoms with Crippen molar-refractivity contribution in [3.8, 4) is 0 Å². The van der Waals surface area contributed by atoms with Crippen molar-refractivity contribution in [2.75, 3.05) is 23.3 Å². The Labute approximate surface area is 180 Å². The lowest BCUT2D eigenvalue weighted by Gasteiger charge is -2.32. The summed E-state index contributed by atoms with van der Waals surface area (Å²) in [4.78, 5) is 19.0. The molecule has 32 heavy (non-hydrogen) atoms. The fraction of sp³-hybridized carbons (Fsp3) is 0.286. The van der Waals surface area contributed by atoms with E-state index in [9.17, 15) is 18.0 Å². The summed E-state index contributed by atoms with van der Waals surface area (Å²) in [5.74, 6) is -1.06. The Kier molecular flexibility index (Phi) is 4.87. The number of carbonyl (C=O) groups excluding carboxylic acids is 1. The van der Waals surface area contributed by atoms with E-state index in [1.54, 1.807) is 12.3 Å². The van der Waals surface area contributed by atoms with Gasteiger partial charge in [-0.15, -0.1) is 15.3 Å². The Bertz CT molecular complexity index is 1290. The largest absolute Gasteiger partial charge is 0.453 e. The van der Waals surface area contributed by atoms with Crippen LogP contribution in [0.1, 0.15) is 18.7 Å². The van der Waals surface area contributed by atoms with Gasteiger partial charge >= 0.3 is 6.18 Å². The summed E-state index contributed by atoms with van der Waals surface area (Å²) in [5, 5.41) is 14.7. The molecule has 11 heteroatoms. The van der Waals surface area contributed by atoms with Gasteiger partial charge in [-0.2, -0.15) is 17.7 Å². The number of rotatable bonds is 3. The molecule has 1 saturated heterocycles. The Morgan fingerprint density at radius 3 is 2.62 bits per heavy atom. The number of nitrogens with zero attached hydrogens (tertiary/aromatic N) is 6. The van der Waals surface area contributed by atoms with E-state index in [0.717, 1.165) is 10.9 Å². The number of carbonyl (C=O) groups is 1. The first-order chi connectivity index (χ1) is 15.4. The molecule has 0 atom stereocenters. The zero-order valence-electron chi connectivity index (χ0n) is 16.8. The fourth-order valence-corrected chi connectivity index (χ4v) is 3.94. The molecule has 4 heterocycles. The number of hydrogen-bond donors (Lipinski definition) is 1. The van der Waals surface area contributed by atoms with E-state index in [1.807, 2.05) is 35.2 Å². The van der Waals surface area contributed by atoms with E-state index < -0.39 is 12.0 Å². The monoisotopic (exact) mass is 441 g/mol. The molecule has 0 aliphatic carbocycles. The SMILES string of the molecule is O=C(Nc1cccc2ncccc12)C1CCN(c2ccc3nnc(C(F)(F)F)n3n2)CC1. The predicted octanol–water partition coefficient (Wildman–Crippen LogP) is 3.55. The van der Waals surface area contributed by atoms with Gasteiger partial charge in [0.2, 0.25) is 5.91 Å². The van der Waals surface area contributed by atoms with Gasteiger partial charge in [0.05, 0.1) is 11.2 Å².